The molecule has 1 fully saturated rings. The summed E-state index contributed by atoms with van der Waals surface area (Å²) in [5.74, 6) is -0.0711. The molecule has 0 unspecified atom stereocenters. The molecule has 2 aromatic carbocycles. The number of hydrogen-bond acceptors (Lipinski definition) is 5. The van der Waals surface area contributed by atoms with Gasteiger partial charge in [-0.2, -0.15) is 0 Å². The van der Waals surface area contributed by atoms with Crippen molar-refractivity contribution in [1.82, 2.24) is 4.90 Å². The number of amides is 1. The predicted octanol–water partition coefficient (Wildman–Crippen LogP) is 4.25. The number of nitrogens with zero attached hydrogens (tertiary/aromatic N) is 1. The average molecular weight is 457 g/mol. The van der Waals surface area contributed by atoms with Crippen LogP contribution in [0.15, 0.2) is 33.6 Å². The molecular formula is C24H28N2O5S. The van der Waals surface area contributed by atoms with Crippen molar-refractivity contribution < 1.29 is 22.4 Å². The number of carbonyl (C=O) groups is 1. The van der Waals surface area contributed by atoms with Crippen molar-refractivity contribution in [3.63, 3.8) is 0 Å². The number of carbonyl (C=O) groups excluding carboxylic acids is 1. The van der Waals surface area contributed by atoms with Crippen molar-refractivity contribution in [2.24, 2.45) is 0 Å². The number of hydrogen-bond donors (Lipinski definition) is 1. The van der Waals surface area contributed by atoms with E-state index < -0.39 is 10.0 Å². The Kier molecular flexibility index (Phi) is 5.77. The van der Waals surface area contributed by atoms with E-state index in [9.17, 15) is 13.2 Å². The molecule has 32 heavy (non-hydrogen) atoms. The number of nitrogens with one attached hydrogen (secondary N) is 1. The van der Waals surface area contributed by atoms with E-state index in [1.165, 1.54) is 0 Å². The van der Waals surface area contributed by atoms with Gasteiger partial charge in [0, 0.05) is 24.0 Å². The predicted molar refractivity (Wildman–Crippen MR) is 124 cm³/mol. The molecule has 0 atom stereocenters. The normalized spacial score (nSPS) is 14.7. The van der Waals surface area contributed by atoms with Gasteiger partial charge < -0.3 is 14.1 Å². The van der Waals surface area contributed by atoms with E-state index in [1.807, 2.05) is 39.0 Å². The van der Waals surface area contributed by atoms with Crippen LogP contribution in [-0.4, -0.2) is 45.5 Å². The van der Waals surface area contributed by atoms with Crippen molar-refractivity contribution in [3.8, 4) is 0 Å². The SMILES string of the molecule is Cc1ccc(C)c(NS(=O)(=O)c2c(C)c(C)cc3c(C)c(C(=O)N4CCOCC4)oc23)c1. The van der Waals surface area contributed by atoms with Crippen LogP contribution in [-0.2, 0) is 14.8 Å². The highest BCUT2D eigenvalue weighted by Crippen LogP contribution is 2.36. The summed E-state index contributed by atoms with van der Waals surface area (Å²) >= 11 is 0. The Hall–Kier alpha value is -2.84. The van der Waals surface area contributed by atoms with Gasteiger partial charge in [0.15, 0.2) is 11.3 Å². The lowest BCUT2D eigenvalue weighted by molar-refractivity contribution is 0.0283. The highest BCUT2D eigenvalue weighted by atomic mass is 32.2. The minimum absolute atomic E-state index is 0.0672. The number of aryl methyl sites for hydroxylation is 4. The number of ether oxygens (including phenoxy) is 1. The third kappa shape index (κ3) is 3.89. The third-order valence-electron chi connectivity index (χ3n) is 6.09. The lowest BCUT2D eigenvalue weighted by Crippen LogP contribution is -2.40. The van der Waals surface area contributed by atoms with Gasteiger partial charge in [-0.1, -0.05) is 12.1 Å². The van der Waals surface area contributed by atoms with Gasteiger partial charge in [0.1, 0.15) is 4.90 Å². The molecular weight excluding hydrogens is 428 g/mol. The number of benzene rings is 2. The van der Waals surface area contributed by atoms with Gasteiger partial charge in [0.25, 0.3) is 15.9 Å². The summed E-state index contributed by atoms with van der Waals surface area (Å²) in [6.07, 6.45) is 0. The van der Waals surface area contributed by atoms with E-state index >= 15 is 0 Å². The zero-order valence-electron chi connectivity index (χ0n) is 19.0. The highest BCUT2D eigenvalue weighted by Gasteiger charge is 2.30. The second kappa shape index (κ2) is 8.26. The van der Waals surface area contributed by atoms with Crippen LogP contribution in [0.25, 0.3) is 11.0 Å². The first-order valence-corrected chi connectivity index (χ1v) is 12.1. The molecule has 8 heteroatoms. The largest absolute Gasteiger partial charge is 0.449 e. The maximum absolute atomic E-state index is 13.6. The topological polar surface area (TPSA) is 88.9 Å². The van der Waals surface area contributed by atoms with Crippen LogP contribution in [0.3, 0.4) is 0 Å². The molecule has 0 aliphatic carbocycles. The number of rotatable bonds is 4. The summed E-state index contributed by atoms with van der Waals surface area (Å²) in [7, 11) is -3.98. The van der Waals surface area contributed by atoms with Crippen LogP contribution in [0, 0.1) is 34.6 Å². The molecule has 1 aromatic heterocycles. The van der Waals surface area contributed by atoms with Crippen molar-refractivity contribution in [2.75, 3.05) is 31.0 Å². The van der Waals surface area contributed by atoms with Gasteiger partial charge in [0.05, 0.1) is 18.9 Å². The van der Waals surface area contributed by atoms with Gasteiger partial charge in [0.2, 0.25) is 0 Å². The van der Waals surface area contributed by atoms with Gasteiger partial charge in [-0.25, -0.2) is 8.42 Å². The maximum atomic E-state index is 13.6. The Morgan fingerprint density at radius 1 is 0.969 bits per heavy atom. The molecule has 1 saturated heterocycles. The summed E-state index contributed by atoms with van der Waals surface area (Å²) in [6, 6.07) is 7.50. The Morgan fingerprint density at radius 2 is 1.66 bits per heavy atom. The summed E-state index contributed by atoms with van der Waals surface area (Å²) < 4.78 is 41.2. The molecule has 4 rings (SSSR count). The van der Waals surface area contributed by atoms with Crippen molar-refractivity contribution in [2.45, 2.75) is 39.5 Å². The van der Waals surface area contributed by atoms with Gasteiger partial charge in [-0.05, 0) is 69.0 Å². The smallest absolute Gasteiger partial charge is 0.290 e. The average Bonchev–Trinajstić information content (AvgIpc) is 3.07. The van der Waals surface area contributed by atoms with Crippen LogP contribution in [0.1, 0.15) is 38.4 Å². The molecule has 0 spiro atoms. The van der Waals surface area contributed by atoms with Crippen LogP contribution in [0.2, 0.25) is 0 Å². The summed E-state index contributed by atoms with van der Waals surface area (Å²) in [6.45, 7) is 11.1. The van der Waals surface area contributed by atoms with Crippen LogP contribution in [0.5, 0.6) is 0 Å². The highest BCUT2D eigenvalue weighted by molar-refractivity contribution is 7.93. The number of anilines is 1. The maximum Gasteiger partial charge on any atom is 0.290 e. The monoisotopic (exact) mass is 456 g/mol. The van der Waals surface area contributed by atoms with Crippen LogP contribution >= 0.6 is 0 Å². The fourth-order valence-electron chi connectivity index (χ4n) is 4.02. The first-order valence-electron chi connectivity index (χ1n) is 10.6. The fraction of sp³-hybridized carbons (Fsp3) is 0.375. The van der Waals surface area contributed by atoms with Gasteiger partial charge in [-0.3, -0.25) is 9.52 Å². The second-order valence-electron chi connectivity index (χ2n) is 8.41. The van der Waals surface area contributed by atoms with Crippen molar-refractivity contribution >= 4 is 32.6 Å². The molecule has 0 radical (unpaired) electrons. The Balaban J connectivity index is 1.86. The molecule has 3 aromatic rings. The zero-order valence-corrected chi connectivity index (χ0v) is 19.9. The quantitative estimate of drug-likeness (QED) is 0.634. The molecule has 2 heterocycles. The third-order valence-corrected chi connectivity index (χ3v) is 7.61. The van der Waals surface area contributed by atoms with Crippen LogP contribution < -0.4 is 4.72 Å². The standard InChI is InChI=1S/C24H28N2O5S/c1-14-6-7-15(2)20(12-14)25-32(28,29)23-17(4)16(3)13-19-18(5)21(31-22(19)23)24(27)26-8-10-30-11-9-26/h6-7,12-13,25H,8-11H2,1-5H3. The van der Waals surface area contributed by atoms with E-state index in [0.29, 0.717) is 48.5 Å². The minimum atomic E-state index is -3.98. The second-order valence-corrected chi connectivity index (χ2v) is 10.0. The minimum Gasteiger partial charge on any atom is -0.449 e. The molecule has 7 nitrogen and oxygen atoms in total. The van der Waals surface area contributed by atoms with E-state index in [0.717, 1.165) is 16.7 Å². The van der Waals surface area contributed by atoms with Gasteiger partial charge >= 0.3 is 0 Å². The van der Waals surface area contributed by atoms with Crippen molar-refractivity contribution in [3.05, 3.63) is 57.8 Å². The van der Waals surface area contributed by atoms with Crippen LogP contribution in [0.4, 0.5) is 5.69 Å². The van der Waals surface area contributed by atoms with Gasteiger partial charge in [-0.15, -0.1) is 0 Å². The molecule has 170 valence electrons. The van der Waals surface area contributed by atoms with E-state index in [4.69, 9.17) is 9.15 Å². The fourth-order valence-corrected chi connectivity index (χ4v) is 5.59. The summed E-state index contributed by atoms with van der Waals surface area (Å²) in [5.41, 5.74) is 4.54. The molecule has 0 bridgehead atoms. The molecule has 1 N–H and O–H groups in total. The van der Waals surface area contributed by atoms with Crippen molar-refractivity contribution in [1.29, 1.82) is 0 Å². The Morgan fingerprint density at radius 3 is 2.34 bits per heavy atom. The number of furan rings is 1. The number of sulfonamides is 1. The summed E-state index contributed by atoms with van der Waals surface area (Å²) in [5, 5.41) is 0.631. The zero-order chi connectivity index (χ0) is 23.2. The lowest BCUT2D eigenvalue weighted by Gasteiger charge is -2.26. The van der Waals surface area contributed by atoms with E-state index in [2.05, 4.69) is 4.72 Å². The molecule has 1 aliphatic heterocycles. The van der Waals surface area contributed by atoms with E-state index in [1.54, 1.807) is 24.8 Å². The Bertz CT molecular complexity index is 1320. The molecule has 1 aliphatic rings. The molecule has 1 amide bonds. The summed E-state index contributed by atoms with van der Waals surface area (Å²) in [4.78, 5) is 14.8. The number of fused-ring (bicyclic) bond motifs is 1. The lowest BCUT2D eigenvalue weighted by atomic mass is 10.0. The first-order chi connectivity index (χ1) is 15.1. The first kappa shape index (κ1) is 22.4. The molecule has 0 saturated carbocycles. The Labute approximate surface area is 188 Å². The number of morpholine rings is 1. The van der Waals surface area contributed by atoms with E-state index in [-0.39, 0.29) is 22.1 Å².